The molecule has 0 aliphatic heterocycles. The third-order valence-corrected chi connectivity index (χ3v) is 12.4. The fourth-order valence-electron chi connectivity index (χ4n) is 7.98. The van der Waals surface area contributed by atoms with Gasteiger partial charge in [-0.1, -0.05) is 211 Å². The maximum atomic E-state index is 12.8. The zero-order valence-corrected chi connectivity index (χ0v) is 44.6. The van der Waals surface area contributed by atoms with E-state index >= 15 is 0 Å². The van der Waals surface area contributed by atoms with Crippen LogP contribution in [-0.4, -0.2) is 87.4 Å². The van der Waals surface area contributed by atoms with E-state index in [4.69, 9.17) is 18.9 Å². The van der Waals surface area contributed by atoms with E-state index in [1.807, 2.05) is 21.1 Å². The average Bonchev–Trinajstić information content (AvgIpc) is 3.29. The fraction of sp³-hybridized carbons (Fsp3) is 0.845. The highest BCUT2D eigenvalue weighted by Gasteiger charge is 2.25. The summed E-state index contributed by atoms with van der Waals surface area (Å²) < 4.78 is 22.8. The van der Waals surface area contributed by atoms with Crippen LogP contribution in [0.3, 0.4) is 0 Å². The van der Waals surface area contributed by atoms with Gasteiger partial charge in [0.1, 0.15) is 13.2 Å². The van der Waals surface area contributed by atoms with Gasteiger partial charge in [0.15, 0.2) is 6.10 Å². The van der Waals surface area contributed by atoms with Crippen molar-refractivity contribution in [3.05, 3.63) is 36.5 Å². The van der Waals surface area contributed by atoms with Crippen molar-refractivity contribution in [1.29, 1.82) is 0 Å². The van der Waals surface area contributed by atoms with E-state index in [-0.39, 0.29) is 32.2 Å². The Morgan fingerprint density at radius 1 is 0.448 bits per heavy atom. The Bertz CT molecular complexity index is 1190. The van der Waals surface area contributed by atoms with Gasteiger partial charge < -0.3 is 28.5 Å². The summed E-state index contributed by atoms with van der Waals surface area (Å²) in [4.78, 5) is 37.3. The lowest BCUT2D eigenvalue weighted by Gasteiger charge is -2.25. The fourth-order valence-corrected chi connectivity index (χ4v) is 7.98. The van der Waals surface area contributed by atoms with Crippen LogP contribution in [0.15, 0.2) is 36.5 Å². The first-order valence-corrected chi connectivity index (χ1v) is 28.2. The van der Waals surface area contributed by atoms with Crippen LogP contribution < -0.4 is 0 Å². The van der Waals surface area contributed by atoms with Crippen molar-refractivity contribution in [3.8, 4) is 0 Å². The molecule has 0 rings (SSSR count). The van der Waals surface area contributed by atoms with Crippen LogP contribution in [0, 0.1) is 0 Å². The number of aliphatic carboxylic acids is 1. The minimum Gasteiger partial charge on any atom is -0.477 e. The second-order valence-corrected chi connectivity index (χ2v) is 20.2. The van der Waals surface area contributed by atoms with Crippen LogP contribution in [0.4, 0.5) is 0 Å². The molecule has 0 spiro atoms. The Balaban J connectivity index is 4.18. The van der Waals surface area contributed by atoms with E-state index in [9.17, 15) is 19.5 Å². The molecule has 2 unspecified atom stereocenters. The molecule has 1 N–H and O–H groups in total. The minimum atomic E-state index is -1.51. The zero-order chi connectivity index (χ0) is 49.2. The van der Waals surface area contributed by atoms with Gasteiger partial charge in [-0.3, -0.25) is 9.59 Å². The van der Waals surface area contributed by atoms with E-state index in [1.54, 1.807) is 0 Å². The predicted molar refractivity (Wildman–Crippen MR) is 281 cm³/mol. The number of hydrogen-bond donors (Lipinski definition) is 1. The minimum absolute atomic E-state index is 0.185. The molecule has 0 fully saturated rings. The first-order valence-electron chi connectivity index (χ1n) is 28.2. The number of rotatable bonds is 52. The number of hydrogen-bond acceptors (Lipinski definition) is 7. The number of esters is 2. The van der Waals surface area contributed by atoms with Crippen LogP contribution in [0.1, 0.15) is 258 Å². The van der Waals surface area contributed by atoms with Gasteiger partial charge in [-0.05, 0) is 70.6 Å². The highest BCUT2D eigenvalue weighted by Crippen LogP contribution is 2.16. The molecule has 0 saturated heterocycles. The molecule has 0 radical (unpaired) electrons. The molecule has 0 bridgehead atoms. The molecule has 0 heterocycles. The largest absolute Gasteiger partial charge is 0.477 e. The molecule has 67 heavy (non-hydrogen) atoms. The van der Waals surface area contributed by atoms with Gasteiger partial charge in [0.2, 0.25) is 0 Å². The second-order valence-electron chi connectivity index (χ2n) is 20.2. The van der Waals surface area contributed by atoms with Gasteiger partial charge >= 0.3 is 17.9 Å². The van der Waals surface area contributed by atoms with Gasteiger partial charge in [0, 0.05) is 12.8 Å². The molecule has 0 aliphatic carbocycles. The highest BCUT2D eigenvalue weighted by atomic mass is 16.7. The Labute approximate surface area is 413 Å². The average molecular weight is 948 g/mol. The summed E-state index contributed by atoms with van der Waals surface area (Å²) in [5, 5.41) is 9.68. The topological polar surface area (TPSA) is 108 Å². The number of ether oxygens (including phenoxy) is 4. The van der Waals surface area contributed by atoms with Gasteiger partial charge in [-0.2, -0.15) is 0 Å². The summed E-state index contributed by atoms with van der Waals surface area (Å²) in [6, 6.07) is 0. The van der Waals surface area contributed by atoms with E-state index in [1.165, 1.54) is 167 Å². The number of carbonyl (C=O) groups is 3. The molecular weight excluding hydrogens is 839 g/mol. The number of carboxylic acids is 1. The van der Waals surface area contributed by atoms with Crippen LogP contribution >= 0.6 is 0 Å². The second kappa shape index (κ2) is 49.9. The standard InChI is InChI=1S/C58H107NO8/c1-6-8-10-12-14-16-18-20-22-23-24-25-26-27-28-29-30-31-32-33-35-36-38-40-42-44-46-48-55(60)65-52-54(53-66-58(57(62)63)64-51-50-59(3,4)5)67-56(61)49-47-45-43-41-39-37-34-21-19-17-15-13-11-9-7-2/h15,17,21,23-24,34,54,58H,6-14,16,18-20,22,25-33,35-53H2,1-5H3/p+1/b17-15-,24-23-,34-21-. The molecule has 0 amide bonds. The van der Waals surface area contributed by atoms with Crippen molar-refractivity contribution in [2.75, 3.05) is 47.5 Å². The summed E-state index contributed by atoms with van der Waals surface area (Å²) in [5.74, 6) is -2.01. The lowest BCUT2D eigenvalue weighted by atomic mass is 10.0. The van der Waals surface area contributed by atoms with Crippen molar-refractivity contribution in [2.45, 2.75) is 270 Å². The molecule has 0 aromatic rings. The quantitative estimate of drug-likeness (QED) is 0.0211. The summed E-state index contributed by atoms with van der Waals surface area (Å²) in [5.41, 5.74) is 0. The summed E-state index contributed by atoms with van der Waals surface area (Å²) in [7, 11) is 5.96. The van der Waals surface area contributed by atoms with E-state index in [2.05, 4.69) is 50.3 Å². The van der Waals surface area contributed by atoms with E-state index < -0.39 is 24.3 Å². The third kappa shape index (κ3) is 51.2. The summed E-state index contributed by atoms with van der Waals surface area (Å²) in [6.07, 6.45) is 56.5. The zero-order valence-electron chi connectivity index (χ0n) is 44.6. The van der Waals surface area contributed by atoms with Crippen LogP contribution in [0.5, 0.6) is 0 Å². The predicted octanol–water partition coefficient (Wildman–Crippen LogP) is 16.1. The summed E-state index contributed by atoms with van der Waals surface area (Å²) >= 11 is 0. The van der Waals surface area contributed by atoms with Crippen molar-refractivity contribution in [1.82, 2.24) is 0 Å². The van der Waals surface area contributed by atoms with Crippen LogP contribution in [0.25, 0.3) is 0 Å². The van der Waals surface area contributed by atoms with E-state index in [0.717, 1.165) is 57.8 Å². The maximum Gasteiger partial charge on any atom is 0.361 e. The first kappa shape index (κ1) is 64.5. The lowest BCUT2D eigenvalue weighted by Crippen LogP contribution is -2.40. The van der Waals surface area contributed by atoms with Gasteiger partial charge in [0.05, 0.1) is 34.4 Å². The Morgan fingerprint density at radius 3 is 1.22 bits per heavy atom. The Kier molecular flexibility index (Phi) is 48.1. The number of carboxylic acid groups (broad SMARTS) is 1. The van der Waals surface area contributed by atoms with Crippen molar-refractivity contribution in [3.63, 3.8) is 0 Å². The Morgan fingerprint density at radius 2 is 0.806 bits per heavy atom. The molecule has 9 heteroatoms. The molecule has 2 atom stereocenters. The molecule has 0 aliphatic rings. The normalized spacial score (nSPS) is 13.0. The van der Waals surface area contributed by atoms with Crippen molar-refractivity contribution < 1.29 is 42.9 Å². The van der Waals surface area contributed by atoms with E-state index in [0.29, 0.717) is 23.9 Å². The molecular formula is C58H108NO8+. The third-order valence-electron chi connectivity index (χ3n) is 12.4. The summed E-state index contributed by atoms with van der Waals surface area (Å²) in [6.45, 7) is 4.86. The molecule has 0 aromatic heterocycles. The highest BCUT2D eigenvalue weighted by molar-refractivity contribution is 5.71. The van der Waals surface area contributed by atoms with Crippen molar-refractivity contribution in [2.24, 2.45) is 0 Å². The van der Waals surface area contributed by atoms with Crippen molar-refractivity contribution >= 4 is 17.9 Å². The molecule has 0 aromatic carbocycles. The number of unbranched alkanes of at least 4 members (excludes halogenated alkanes) is 31. The number of nitrogens with zero attached hydrogens (tertiary/aromatic N) is 1. The number of carbonyl (C=O) groups excluding carboxylic acids is 2. The Hall–Kier alpha value is -2.49. The smallest absolute Gasteiger partial charge is 0.361 e. The number of quaternary nitrogens is 1. The molecule has 392 valence electrons. The molecule has 9 nitrogen and oxygen atoms in total. The van der Waals surface area contributed by atoms with Gasteiger partial charge in [-0.15, -0.1) is 0 Å². The number of allylic oxidation sites excluding steroid dienone is 6. The van der Waals surface area contributed by atoms with Gasteiger partial charge in [0.25, 0.3) is 6.29 Å². The molecule has 0 saturated carbocycles. The monoisotopic (exact) mass is 947 g/mol. The van der Waals surface area contributed by atoms with Gasteiger partial charge in [-0.25, -0.2) is 4.79 Å². The maximum absolute atomic E-state index is 12.8. The van der Waals surface area contributed by atoms with Crippen LogP contribution in [0.2, 0.25) is 0 Å². The lowest BCUT2D eigenvalue weighted by molar-refractivity contribution is -0.870. The first-order chi connectivity index (χ1) is 32.6. The van der Waals surface area contributed by atoms with Crippen LogP contribution in [-0.2, 0) is 33.3 Å². The SMILES string of the molecule is CCCCC/C=C\C/C=C\CCCCCCCC(=O)OC(COC(=O)CCCCCCCCCCCCCCCCC/C=C\CCCCCCCCCC)COC(OCC[N+](C)(C)C)C(=O)O. The number of likely N-dealkylation sites (N-methyl/N-ethyl adjacent to an activating group) is 1.